The Balaban J connectivity index is 1.14. The predicted octanol–water partition coefficient (Wildman–Crippen LogP) is 2.05. The van der Waals surface area contributed by atoms with E-state index in [1.165, 1.54) is 5.56 Å². The van der Waals surface area contributed by atoms with E-state index in [2.05, 4.69) is 16.3 Å². The molecule has 3 saturated heterocycles. The Morgan fingerprint density at radius 1 is 0.806 bits per heavy atom. The van der Waals surface area contributed by atoms with Gasteiger partial charge in [0.1, 0.15) is 0 Å². The molecular weight excluding hydrogens is 388 g/mol. The number of likely N-dealkylation sites (tertiary alicyclic amines) is 1. The van der Waals surface area contributed by atoms with Gasteiger partial charge in [-0.05, 0) is 42.6 Å². The Morgan fingerprint density at radius 3 is 2.23 bits per heavy atom. The molecule has 6 heteroatoms. The number of nitrogens with one attached hydrogen (secondary N) is 1. The molecule has 0 bridgehead atoms. The number of piperazine rings is 1. The van der Waals surface area contributed by atoms with Crippen LogP contribution in [-0.2, 0) is 0 Å². The number of carbonyl (C=O) groups is 2. The summed E-state index contributed by atoms with van der Waals surface area (Å²) in [5, 5.41) is 3.41. The highest BCUT2D eigenvalue weighted by atomic mass is 16.2. The van der Waals surface area contributed by atoms with Crippen molar-refractivity contribution in [2.45, 2.75) is 18.4 Å². The first kappa shape index (κ1) is 20.2. The maximum Gasteiger partial charge on any atom is 0.254 e. The minimum Gasteiger partial charge on any atom is -0.336 e. The number of carbonyl (C=O) groups excluding carboxylic acids is 2. The van der Waals surface area contributed by atoms with Crippen molar-refractivity contribution in [3.63, 3.8) is 0 Å². The van der Waals surface area contributed by atoms with Crippen LogP contribution >= 0.6 is 0 Å². The average Bonchev–Trinajstić information content (AvgIpc) is 3.33. The van der Waals surface area contributed by atoms with Gasteiger partial charge in [0.2, 0.25) is 0 Å². The molecule has 5 rings (SSSR count). The summed E-state index contributed by atoms with van der Waals surface area (Å²) >= 11 is 0. The van der Waals surface area contributed by atoms with Crippen LogP contribution < -0.4 is 5.32 Å². The van der Waals surface area contributed by atoms with E-state index >= 15 is 0 Å². The number of rotatable bonds is 4. The Morgan fingerprint density at radius 2 is 1.52 bits per heavy atom. The average molecular weight is 419 g/mol. The zero-order valence-corrected chi connectivity index (χ0v) is 17.9. The third-order valence-electron chi connectivity index (χ3n) is 6.98. The lowest BCUT2D eigenvalue weighted by Gasteiger charge is -2.48. The molecule has 3 fully saturated rings. The number of benzene rings is 2. The summed E-state index contributed by atoms with van der Waals surface area (Å²) in [6.07, 6.45) is 1.10. The molecule has 0 saturated carbocycles. The fourth-order valence-electron chi connectivity index (χ4n) is 5.04. The van der Waals surface area contributed by atoms with Gasteiger partial charge in [0.25, 0.3) is 11.8 Å². The number of hydrogen-bond donors (Lipinski definition) is 1. The van der Waals surface area contributed by atoms with Crippen molar-refractivity contribution in [2.24, 2.45) is 0 Å². The van der Waals surface area contributed by atoms with Crippen molar-refractivity contribution in [3.05, 3.63) is 71.3 Å². The number of amides is 2. The Kier molecular flexibility index (Phi) is 5.74. The third kappa shape index (κ3) is 4.10. The quantitative estimate of drug-likeness (QED) is 0.826. The van der Waals surface area contributed by atoms with Gasteiger partial charge < -0.3 is 15.1 Å². The van der Waals surface area contributed by atoms with Crippen LogP contribution in [0.15, 0.2) is 54.6 Å². The monoisotopic (exact) mass is 418 g/mol. The number of nitrogens with zero attached hydrogens (tertiary/aromatic N) is 3. The van der Waals surface area contributed by atoms with Crippen molar-refractivity contribution in [1.29, 1.82) is 0 Å². The van der Waals surface area contributed by atoms with Gasteiger partial charge >= 0.3 is 0 Å². The van der Waals surface area contributed by atoms with Gasteiger partial charge in [-0.3, -0.25) is 14.5 Å². The third-order valence-corrected chi connectivity index (χ3v) is 6.98. The van der Waals surface area contributed by atoms with Gasteiger partial charge in [0.15, 0.2) is 0 Å². The Bertz CT molecular complexity index is 928. The summed E-state index contributed by atoms with van der Waals surface area (Å²) in [5.41, 5.74) is 2.81. The molecule has 2 aromatic carbocycles. The molecule has 1 atom stereocenters. The van der Waals surface area contributed by atoms with Crippen LogP contribution in [0.4, 0.5) is 0 Å². The summed E-state index contributed by atoms with van der Waals surface area (Å²) in [6.45, 7) is 6.78. The molecule has 0 radical (unpaired) electrons. The molecule has 0 spiro atoms. The molecule has 1 unspecified atom stereocenters. The molecule has 0 aliphatic carbocycles. The predicted molar refractivity (Wildman–Crippen MR) is 120 cm³/mol. The molecular formula is C25H30N4O2. The van der Waals surface area contributed by atoms with E-state index in [0.717, 1.165) is 69.9 Å². The fraction of sp³-hybridized carbons (Fsp3) is 0.440. The Hall–Kier alpha value is -2.70. The molecule has 6 nitrogen and oxygen atoms in total. The zero-order valence-electron chi connectivity index (χ0n) is 17.9. The highest BCUT2D eigenvalue weighted by Gasteiger charge is 2.38. The summed E-state index contributed by atoms with van der Waals surface area (Å²) in [6, 6.07) is 18.0. The molecule has 162 valence electrons. The van der Waals surface area contributed by atoms with Crippen molar-refractivity contribution < 1.29 is 9.59 Å². The maximum atomic E-state index is 13.2. The van der Waals surface area contributed by atoms with Crippen LogP contribution in [0, 0.1) is 0 Å². The lowest BCUT2D eigenvalue weighted by Crippen LogP contribution is -2.64. The molecule has 2 amide bonds. The van der Waals surface area contributed by atoms with E-state index in [9.17, 15) is 9.59 Å². The first-order chi connectivity index (χ1) is 15.2. The van der Waals surface area contributed by atoms with E-state index in [1.54, 1.807) is 0 Å². The SMILES string of the molecule is O=C(c1ccccc1)N1CCN(C2CN(C(=O)c3ccccc3C3CCNC3)C2)CC1. The van der Waals surface area contributed by atoms with Crippen LogP contribution in [0.25, 0.3) is 0 Å². The smallest absolute Gasteiger partial charge is 0.254 e. The van der Waals surface area contributed by atoms with Crippen molar-refractivity contribution in [1.82, 2.24) is 20.0 Å². The van der Waals surface area contributed by atoms with E-state index in [-0.39, 0.29) is 11.8 Å². The standard InChI is InChI=1S/C25H30N4O2/c30-24(19-6-2-1-3-7-19)28-14-12-27(13-15-28)21-17-29(18-21)25(31)23-9-5-4-8-22(23)20-10-11-26-16-20/h1-9,20-21,26H,10-18H2. The lowest BCUT2D eigenvalue weighted by molar-refractivity contribution is 0.00846. The van der Waals surface area contributed by atoms with Crippen LogP contribution in [0.2, 0.25) is 0 Å². The van der Waals surface area contributed by atoms with Crippen molar-refractivity contribution >= 4 is 11.8 Å². The zero-order chi connectivity index (χ0) is 21.2. The summed E-state index contributed by atoms with van der Waals surface area (Å²) in [4.78, 5) is 32.2. The highest BCUT2D eigenvalue weighted by Crippen LogP contribution is 2.28. The van der Waals surface area contributed by atoms with Crippen LogP contribution in [0.3, 0.4) is 0 Å². The Labute approximate surface area is 183 Å². The van der Waals surface area contributed by atoms with Gasteiger partial charge in [-0.15, -0.1) is 0 Å². The normalized spacial score (nSPS) is 22.4. The molecule has 1 N–H and O–H groups in total. The lowest BCUT2D eigenvalue weighted by atomic mass is 9.92. The van der Waals surface area contributed by atoms with Gasteiger partial charge in [0.05, 0.1) is 0 Å². The van der Waals surface area contributed by atoms with E-state index < -0.39 is 0 Å². The summed E-state index contributed by atoms with van der Waals surface area (Å²) in [7, 11) is 0. The molecule has 0 aromatic heterocycles. The summed E-state index contributed by atoms with van der Waals surface area (Å²) < 4.78 is 0. The molecule has 3 heterocycles. The van der Waals surface area contributed by atoms with E-state index in [0.29, 0.717) is 12.0 Å². The van der Waals surface area contributed by atoms with Crippen LogP contribution in [-0.4, -0.2) is 84.9 Å². The number of hydrogen-bond acceptors (Lipinski definition) is 4. The van der Waals surface area contributed by atoms with E-state index in [1.807, 2.05) is 58.3 Å². The van der Waals surface area contributed by atoms with Gasteiger partial charge in [0, 0.05) is 63.0 Å². The molecule has 2 aromatic rings. The van der Waals surface area contributed by atoms with Gasteiger partial charge in [-0.25, -0.2) is 0 Å². The fourth-order valence-corrected chi connectivity index (χ4v) is 5.04. The van der Waals surface area contributed by atoms with Crippen LogP contribution in [0.5, 0.6) is 0 Å². The molecule has 3 aliphatic heterocycles. The first-order valence-electron chi connectivity index (χ1n) is 11.4. The van der Waals surface area contributed by atoms with E-state index in [4.69, 9.17) is 0 Å². The van der Waals surface area contributed by atoms with Gasteiger partial charge in [-0.2, -0.15) is 0 Å². The highest BCUT2D eigenvalue weighted by molar-refractivity contribution is 5.96. The second-order valence-corrected chi connectivity index (χ2v) is 8.84. The topological polar surface area (TPSA) is 55.9 Å². The molecule has 3 aliphatic rings. The van der Waals surface area contributed by atoms with Crippen molar-refractivity contribution in [3.8, 4) is 0 Å². The first-order valence-corrected chi connectivity index (χ1v) is 11.4. The minimum absolute atomic E-state index is 0.115. The maximum absolute atomic E-state index is 13.2. The summed E-state index contributed by atoms with van der Waals surface area (Å²) in [5.74, 6) is 0.716. The second kappa shape index (κ2) is 8.81. The molecule has 31 heavy (non-hydrogen) atoms. The van der Waals surface area contributed by atoms with Gasteiger partial charge in [-0.1, -0.05) is 36.4 Å². The second-order valence-electron chi connectivity index (χ2n) is 8.84. The largest absolute Gasteiger partial charge is 0.336 e. The van der Waals surface area contributed by atoms with Crippen LogP contribution in [0.1, 0.15) is 38.6 Å². The minimum atomic E-state index is 0.115. The van der Waals surface area contributed by atoms with Crippen molar-refractivity contribution in [2.75, 3.05) is 52.4 Å².